The van der Waals surface area contributed by atoms with E-state index in [2.05, 4.69) is 0 Å². The van der Waals surface area contributed by atoms with Gasteiger partial charge in [0.2, 0.25) is 0 Å². The molecule has 2 atom stereocenters. The lowest BCUT2D eigenvalue weighted by Gasteiger charge is -2.33. The SMILES string of the molecule is CC(C)COC(=O)C(C(C)OC(=O)c1ccccc1)C(C)(C)C. The van der Waals surface area contributed by atoms with Gasteiger partial charge in [0.25, 0.3) is 0 Å². The van der Waals surface area contributed by atoms with E-state index in [4.69, 9.17) is 9.47 Å². The third kappa shape index (κ3) is 6.05. The van der Waals surface area contributed by atoms with Gasteiger partial charge in [0.1, 0.15) is 6.10 Å². The minimum Gasteiger partial charge on any atom is -0.465 e. The van der Waals surface area contributed by atoms with Crippen molar-refractivity contribution in [1.29, 1.82) is 0 Å². The summed E-state index contributed by atoms with van der Waals surface area (Å²) in [6, 6.07) is 8.77. The molecule has 128 valence electrons. The van der Waals surface area contributed by atoms with Crippen LogP contribution in [0.2, 0.25) is 0 Å². The largest absolute Gasteiger partial charge is 0.465 e. The van der Waals surface area contributed by atoms with Gasteiger partial charge < -0.3 is 9.47 Å². The normalized spacial score (nSPS) is 14.2. The number of hydrogen-bond acceptors (Lipinski definition) is 4. The Hall–Kier alpha value is -1.84. The van der Waals surface area contributed by atoms with Crippen LogP contribution in [0.1, 0.15) is 51.9 Å². The number of carbonyl (C=O) groups is 2. The summed E-state index contributed by atoms with van der Waals surface area (Å²) in [5.41, 5.74) is 0.104. The van der Waals surface area contributed by atoms with Gasteiger partial charge in [-0.15, -0.1) is 0 Å². The second kappa shape index (κ2) is 8.14. The molecule has 4 heteroatoms. The molecule has 4 nitrogen and oxygen atoms in total. The highest BCUT2D eigenvalue weighted by Crippen LogP contribution is 2.32. The van der Waals surface area contributed by atoms with Gasteiger partial charge in [0, 0.05) is 0 Å². The second-order valence-electron chi connectivity index (χ2n) is 7.34. The van der Waals surface area contributed by atoms with Crippen molar-refractivity contribution in [3.63, 3.8) is 0 Å². The summed E-state index contributed by atoms with van der Waals surface area (Å²) in [6.45, 7) is 11.9. The van der Waals surface area contributed by atoms with Crippen molar-refractivity contribution in [3.8, 4) is 0 Å². The van der Waals surface area contributed by atoms with Crippen molar-refractivity contribution in [3.05, 3.63) is 35.9 Å². The molecule has 0 heterocycles. The summed E-state index contributed by atoms with van der Waals surface area (Å²) in [6.07, 6.45) is -0.567. The Morgan fingerprint density at radius 2 is 1.61 bits per heavy atom. The molecule has 2 unspecified atom stereocenters. The molecular weight excluding hydrogens is 292 g/mol. The topological polar surface area (TPSA) is 52.6 Å². The third-order valence-electron chi connectivity index (χ3n) is 3.52. The molecule has 0 saturated carbocycles. The number of esters is 2. The van der Waals surface area contributed by atoms with E-state index in [0.29, 0.717) is 12.2 Å². The van der Waals surface area contributed by atoms with E-state index in [9.17, 15) is 9.59 Å². The predicted molar refractivity (Wildman–Crippen MR) is 90.1 cm³/mol. The number of benzene rings is 1. The average Bonchev–Trinajstić information content (AvgIpc) is 2.44. The molecule has 0 aliphatic rings. The van der Waals surface area contributed by atoms with Crippen LogP contribution in [0.15, 0.2) is 30.3 Å². The molecule has 23 heavy (non-hydrogen) atoms. The van der Waals surface area contributed by atoms with Gasteiger partial charge >= 0.3 is 11.9 Å². The number of hydrogen-bond donors (Lipinski definition) is 0. The lowest BCUT2D eigenvalue weighted by Crippen LogP contribution is -2.40. The lowest BCUT2D eigenvalue weighted by atomic mass is 9.77. The molecule has 0 fully saturated rings. The number of rotatable bonds is 6. The molecule has 1 aromatic carbocycles. The van der Waals surface area contributed by atoms with Gasteiger partial charge in [-0.2, -0.15) is 0 Å². The Bertz CT molecular complexity index is 514. The number of carbonyl (C=O) groups excluding carboxylic acids is 2. The van der Waals surface area contributed by atoms with E-state index in [1.807, 2.05) is 40.7 Å². The van der Waals surface area contributed by atoms with Gasteiger partial charge in [-0.3, -0.25) is 4.79 Å². The Morgan fingerprint density at radius 1 is 1.04 bits per heavy atom. The van der Waals surface area contributed by atoms with E-state index in [1.165, 1.54) is 0 Å². The van der Waals surface area contributed by atoms with Crippen LogP contribution in [-0.2, 0) is 14.3 Å². The van der Waals surface area contributed by atoms with Gasteiger partial charge in [0.05, 0.1) is 18.1 Å². The van der Waals surface area contributed by atoms with E-state index < -0.39 is 18.0 Å². The molecule has 0 aliphatic carbocycles. The van der Waals surface area contributed by atoms with Crippen molar-refractivity contribution < 1.29 is 19.1 Å². The maximum Gasteiger partial charge on any atom is 0.338 e. The van der Waals surface area contributed by atoms with Crippen LogP contribution in [0.5, 0.6) is 0 Å². The molecule has 1 rings (SSSR count). The Labute approximate surface area is 139 Å². The summed E-state index contributed by atoms with van der Waals surface area (Å²) in [5.74, 6) is -1.00. The first-order chi connectivity index (χ1) is 10.6. The predicted octanol–water partition coefficient (Wildman–Crippen LogP) is 4.09. The van der Waals surface area contributed by atoms with E-state index >= 15 is 0 Å². The fourth-order valence-corrected chi connectivity index (χ4v) is 2.47. The summed E-state index contributed by atoms with van der Waals surface area (Å²) >= 11 is 0. The summed E-state index contributed by atoms with van der Waals surface area (Å²) in [5, 5.41) is 0. The highest BCUT2D eigenvalue weighted by Gasteiger charge is 2.39. The van der Waals surface area contributed by atoms with E-state index in [0.717, 1.165) is 0 Å². The smallest absolute Gasteiger partial charge is 0.338 e. The second-order valence-corrected chi connectivity index (χ2v) is 7.34. The first-order valence-electron chi connectivity index (χ1n) is 8.05. The summed E-state index contributed by atoms with van der Waals surface area (Å²) in [4.78, 5) is 24.6. The maximum absolute atomic E-state index is 12.4. The summed E-state index contributed by atoms with van der Waals surface area (Å²) < 4.78 is 10.9. The molecule has 0 aliphatic heterocycles. The van der Waals surface area contributed by atoms with Crippen molar-refractivity contribution in [2.75, 3.05) is 6.61 Å². The highest BCUT2D eigenvalue weighted by molar-refractivity contribution is 5.89. The van der Waals surface area contributed by atoms with Crippen molar-refractivity contribution in [1.82, 2.24) is 0 Å². The molecule has 0 saturated heterocycles. The molecule has 0 radical (unpaired) electrons. The third-order valence-corrected chi connectivity index (χ3v) is 3.52. The first kappa shape index (κ1) is 19.2. The van der Waals surface area contributed by atoms with Gasteiger partial charge in [-0.25, -0.2) is 4.79 Å². The first-order valence-corrected chi connectivity index (χ1v) is 8.05. The van der Waals surface area contributed by atoms with E-state index in [-0.39, 0.29) is 17.3 Å². The maximum atomic E-state index is 12.4. The average molecular weight is 320 g/mol. The molecule has 0 N–H and O–H groups in total. The Morgan fingerprint density at radius 3 is 2.09 bits per heavy atom. The Balaban J connectivity index is 2.82. The molecule has 1 aromatic rings. The van der Waals surface area contributed by atoms with Crippen molar-refractivity contribution in [2.24, 2.45) is 17.3 Å². The summed E-state index contributed by atoms with van der Waals surface area (Å²) in [7, 11) is 0. The lowest BCUT2D eigenvalue weighted by molar-refractivity contribution is -0.158. The Kier molecular flexibility index (Phi) is 6.79. The minimum absolute atomic E-state index is 0.266. The van der Waals surface area contributed by atoms with Crippen molar-refractivity contribution >= 4 is 11.9 Å². The van der Waals surface area contributed by atoms with Crippen LogP contribution in [0.3, 0.4) is 0 Å². The standard InChI is InChI=1S/C19H28O4/c1-13(2)12-22-18(21)16(19(4,5)6)14(3)23-17(20)15-10-8-7-9-11-15/h7-11,13-14,16H,12H2,1-6H3. The van der Waals surface area contributed by atoms with Crippen LogP contribution in [-0.4, -0.2) is 24.6 Å². The van der Waals surface area contributed by atoms with Gasteiger partial charge in [-0.05, 0) is 30.4 Å². The quantitative estimate of drug-likeness (QED) is 0.741. The van der Waals surface area contributed by atoms with Crippen LogP contribution >= 0.6 is 0 Å². The fraction of sp³-hybridized carbons (Fsp3) is 0.579. The van der Waals surface area contributed by atoms with Crippen LogP contribution in [0, 0.1) is 17.3 Å². The molecule has 0 amide bonds. The zero-order valence-electron chi connectivity index (χ0n) is 15.0. The van der Waals surface area contributed by atoms with Gasteiger partial charge in [0.15, 0.2) is 0 Å². The van der Waals surface area contributed by atoms with Gasteiger partial charge in [-0.1, -0.05) is 52.8 Å². The zero-order chi connectivity index (χ0) is 17.6. The van der Waals surface area contributed by atoms with Crippen LogP contribution in [0.25, 0.3) is 0 Å². The van der Waals surface area contributed by atoms with Crippen molar-refractivity contribution in [2.45, 2.75) is 47.6 Å². The molecule has 0 bridgehead atoms. The zero-order valence-corrected chi connectivity index (χ0v) is 15.0. The van der Waals surface area contributed by atoms with E-state index in [1.54, 1.807) is 31.2 Å². The minimum atomic E-state index is -0.567. The monoisotopic (exact) mass is 320 g/mol. The number of ether oxygens (including phenoxy) is 2. The van der Waals surface area contributed by atoms with Crippen LogP contribution < -0.4 is 0 Å². The highest BCUT2D eigenvalue weighted by atomic mass is 16.6. The molecule has 0 spiro atoms. The fourth-order valence-electron chi connectivity index (χ4n) is 2.47. The molecule has 0 aromatic heterocycles. The molecular formula is C19H28O4. The van der Waals surface area contributed by atoms with Crippen LogP contribution in [0.4, 0.5) is 0 Å².